The molecule has 18 heavy (non-hydrogen) atoms. The van der Waals surface area contributed by atoms with E-state index in [1.54, 1.807) is 7.05 Å². The highest BCUT2D eigenvalue weighted by molar-refractivity contribution is 5.82. The van der Waals surface area contributed by atoms with Gasteiger partial charge in [0.15, 0.2) is 5.52 Å². The van der Waals surface area contributed by atoms with Gasteiger partial charge in [0.2, 0.25) is 0 Å². The highest BCUT2D eigenvalue weighted by atomic mass is 16.5. The molecule has 5 heteroatoms. The summed E-state index contributed by atoms with van der Waals surface area (Å²) >= 11 is 0. The molecule has 0 amide bonds. The smallest absolute Gasteiger partial charge is 0.296 e. The van der Waals surface area contributed by atoms with E-state index in [2.05, 4.69) is 10.3 Å². The van der Waals surface area contributed by atoms with Crippen molar-refractivity contribution in [2.24, 2.45) is 7.05 Å². The fraction of sp³-hybridized carbons (Fsp3) is 0.615. The summed E-state index contributed by atoms with van der Waals surface area (Å²) in [6, 6.07) is 0. The summed E-state index contributed by atoms with van der Waals surface area (Å²) in [4.78, 5) is 12.0. The molecule has 0 bridgehead atoms. The van der Waals surface area contributed by atoms with Gasteiger partial charge in [-0.25, -0.2) is 4.68 Å². The first-order valence-electron chi connectivity index (χ1n) is 6.51. The van der Waals surface area contributed by atoms with Crippen LogP contribution in [0.3, 0.4) is 0 Å². The van der Waals surface area contributed by atoms with Gasteiger partial charge in [-0.15, -0.1) is 0 Å². The molecule has 0 spiro atoms. The van der Waals surface area contributed by atoms with Crippen LogP contribution in [0.5, 0.6) is 0 Å². The predicted molar refractivity (Wildman–Crippen MR) is 67.6 cm³/mol. The Morgan fingerprint density at radius 2 is 2.00 bits per heavy atom. The Morgan fingerprint density at radius 1 is 1.28 bits per heavy atom. The number of aryl methyl sites for hydroxylation is 2. The Balaban J connectivity index is 2.24. The zero-order chi connectivity index (χ0) is 12.7. The van der Waals surface area contributed by atoms with Crippen molar-refractivity contribution < 1.29 is 4.52 Å². The van der Waals surface area contributed by atoms with Crippen molar-refractivity contribution in [3.05, 3.63) is 21.8 Å². The van der Waals surface area contributed by atoms with Crippen LogP contribution in [0.4, 0.5) is 0 Å². The van der Waals surface area contributed by atoms with E-state index in [-0.39, 0.29) is 5.56 Å². The van der Waals surface area contributed by atoms with Crippen molar-refractivity contribution in [3.63, 3.8) is 0 Å². The second-order valence-corrected chi connectivity index (χ2v) is 5.11. The molecule has 0 atom stereocenters. The first kappa shape index (κ1) is 11.4. The molecule has 0 saturated heterocycles. The molecule has 0 radical (unpaired) electrons. The largest absolute Gasteiger partial charge is 0.360 e. The van der Waals surface area contributed by atoms with Gasteiger partial charge in [0.05, 0.1) is 11.1 Å². The lowest BCUT2D eigenvalue weighted by atomic mass is 9.85. The predicted octanol–water partition coefficient (Wildman–Crippen LogP) is 2.28. The Labute approximate surface area is 105 Å². The highest BCUT2D eigenvalue weighted by Crippen LogP contribution is 2.35. The third-order valence-corrected chi connectivity index (χ3v) is 3.86. The van der Waals surface area contributed by atoms with E-state index in [0.717, 1.165) is 23.9 Å². The van der Waals surface area contributed by atoms with Crippen molar-refractivity contribution in [1.82, 2.24) is 14.9 Å². The summed E-state index contributed by atoms with van der Waals surface area (Å²) < 4.78 is 6.56. The van der Waals surface area contributed by atoms with Gasteiger partial charge >= 0.3 is 0 Å². The molecule has 0 aliphatic heterocycles. The Kier molecular flexibility index (Phi) is 2.69. The number of rotatable bonds is 1. The summed E-state index contributed by atoms with van der Waals surface area (Å²) in [5.74, 6) is 1.14. The zero-order valence-electron chi connectivity index (χ0n) is 10.8. The van der Waals surface area contributed by atoms with E-state index in [1.165, 1.54) is 23.9 Å². The molecule has 2 aromatic heterocycles. The third kappa shape index (κ3) is 1.65. The maximum atomic E-state index is 12.0. The second-order valence-electron chi connectivity index (χ2n) is 5.11. The van der Waals surface area contributed by atoms with Crippen LogP contribution in [0.15, 0.2) is 9.32 Å². The molecule has 96 valence electrons. The highest BCUT2D eigenvalue weighted by Gasteiger charge is 2.24. The second kappa shape index (κ2) is 4.23. The normalized spacial score (nSPS) is 17.4. The van der Waals surface area contributed by atoms with Crippen molar-refractivity contribution in [2.75, 3.05) is 0 Å². The number of hydrogen-bond donors (Lipinski definition) is 0. The van der Waals surface area contributed by atoms with Crippen LogP contribution in [0.25, 0.3) is 10.9 Å². The van der Waals surface area contributed by atoms with Crippen molar-refractivity contribution in [2.45, 2.75) is 44.9 Å². The topological polar surface area (TPSA) is 60.9 Å². The maximum Gasteiger partial charge on any atom is 0.296 e. The van der Waals surface area contributed by atoms with Crippen LogP contribution < -0.4 is 5.56 Å². The van der Waals surface area contributed by atoms with Crippen LogP contribution in [0.2, 0.25) is 0 Å². The van der Waals surface area contributed by atoms with Gasteiger partial charge in [0.1, 0.15) is 5.76 Å². The van der Waals surface area contributed by atoms with E-state index in [1.807, 2.05) is 6.92 Å². The van der Waals surface area contributed by atoms with Crippen LogP contribution in [-0.4, -0.2) is 14.9 Å². The maximum absolute atomic E-state index is 12.0. The van der Waals surface area contributed by atoms with E-state index in [9.17, 15) is 4.79 Å². The minimum Gasteiger partial charge on any atom is -0.360 e. The van der Waals surface area contributed by atoms with Gasteiger partial charge in [-0.05, 0) is 19.8 Å². The SMILES string of the molecule is Cc1onc2c(=O)n(C)nc(C3CCCCC3)c12. The van der Waals surface area contributed by atoms with E-state index >= 15 is 0 Å². The molecule has 0 unspecified atom stereocenters. The fourth-order valence-electron chi connectivity index (χ4n) is 2.89. The lowest BCUT2D eigenvalue weighted by molar-refractivity contribution is 0.404. The average molecular weight is 247 g/mol. The van der Waals surface area contributed by atoms with E-state index in [0.29, 0.717) is 17.2 Å². The standard InChI is InChI=1S/C13H17N3O2/c1-8-10-11(9-6-4-3-5-7-9)14-16(2)13(17)12(10)15-18-8/h9H,3-7H2,1-2H3. The first-order valence-corrected chi connectivity index (χ1v) is 6.51. The van der Waals surface area contributed by atoms with Crippen molar-refractivity contribution in [3.8, 4) is 0 Å². The fourth-order valence-corrected chi connectivity index (χ4v) is 2.89. The number of aromatic nitrogens is 3. The van der Waals surface area contributed by atoms with Crippen LogP contribution in [-0.2, 0) is 7.05 Å². The van der Waals surface area contributed by atoms with Crippen LogP contribution in [0, 0.1) is 6.92 Å². The summed E-state index contributed by atoms with van der Waals surface area (Å²) in [5, 5.41) is 9.19. The molecule has 2 aromatic rings. The Hall–Kier alpha value is -1.65. The third-order valence-electron chi connectivity index (χ3n) is 3.86. The molecular weight excluding hydrogens is 230 g/mol. The monoisotopic (exact) mass is 247 g/mol. The summed E-state index contributed by atoms with van der Waals surface area (Å²) in [6.07, 6.45) is 6.06. The number of hydrogen-bond acceptors (Lipinski definition) is 4. The Morgan fingerprint density at radius 3 is 2.72 bits per heavy atom. The van der Waals surface area contributed by atoms with Gasteiger partial charge in [0, 0.05) is 13.0 Å². The molecule has 1 aliphatic carbocycles. The number of nitrogens with zero attached hydrogens (tertiary/aromatic N) is 3. The molecule has 1 saturated carbocycles. The molecule has 1 fully saturated rings. The molecule has 5 nitrogen and oxygen atoms in total. The molecular formula is C13H17N3O2. The summed E-state index contributed by atoms with van der Waals surface area (Å²) in [5.41, 5.74) is 1.23. The van der Waals surface area contributed by atoms with Gasteiger partial charge in [-0.3, -0.25) is 4.79 Å². The van der Waals surface area contributed by atoms with Crippen molar-refractivity contribution in [1.29, 1.82) is 0 Å². The lowest BCUT2D eigenvalue weighted by Crippen LogP contribution is -2.23. The van der Waals surface area contributed by atoms with Crippen molar-refractivity contribution >= 4 is 10.9 Å². The van der Waals surface area contributed by atoms with Gasteiger partial charge in [0.25, 0.3) is 5.56 Å². The molecule has 0 aromatic carbocycles. The van der Waals surface area contributed by atoms with E-state index < -0.39 is 0 Å². The molecule has 0 N–H and O–H groups in total. The molecule has 3 rings (SSSR count). The minimum absolute atomic E-state index is 0.179. The van der Waals surface area contributed by atoms with Crippen LogP contribution >= 0.6 is 0 Å². The summed E-state index contributed by atoms with van der Waals surface area (Å²) in [6.45, 7) is 1.85. The number of fused-ring (bicyclic) bond motifs is 1. The lowest BCUT2D eigenvalue weighted by Gasteiger charge is -2.21. The van der Waals surface area contributed by atoms with Gasteiger partial charge in [-0.2, -0.15) is 5.10 Å². The first-order chi connectivity index (χ1) is 8.68. The molecule has 1 aliphatic rings. The van der Waals surface area contributed by atoms with Crippen LogP contribution in [0.1, 0.15) is 49.5 Å². The summed E-state index contributed by atoms with van der Waals surface area (Å²) in [7, 11) is 1.68. The average Bonchev–Trinajstić information content (AvgIpc) is 2.77. The molecule has 2 heterocycles. The minimum atomic E-state index is -0.179. The zero-order valence-corrected chi connectivity index (χ0v) is 10.8. The van der Waals surface area contributed by atoms with E-state index in [4.69, 9.17) is 4.52 Å². The van der Waals surface area contributed by atoms with Gasteiger partial charge < -0.3 is 4.52 Å². The quantitative estimate of drug-likeness (QED) is 0.775. The van der Waals surface area contributed by atoms with Gasteiger partial charge in [-0.1, -0.05) is 24.4 Å². The Bertz CT molecular complexity index is 635.